The number of nitrogens with two attached hydrogens (primary N) is 1. The van der Waals surface area contributed by atoms with Gasteiger partial charge in [0.1, 0.15) is 0 Å². The molecule has 19 heavy (non-hydrogen) atoms. The Morgan fingerprint density at radius 1 is 1.26 bits per heavy atom. The summed E-state index contributed by atoms with van der Waals surface area (Å²) < 4.78 is 38.4. The van der Waals surface area contributed by atoms with Crippen LogP contribution in [0.5, 0.6) is 0 Å². The second-order valence-corrected chi connectivity index (χ2v) is 5.78. The van der Waals surface area contributed by atoms with Gasteiger partial charge in [-0.3, -0.25) is 0 Å². The quantitative estimate of drug-likeness (QED) is 0.809. The minimum absolute atomic E-state index is 0.185. The van der Waals surface area contributed by atoms with Crippen LogP contribution >= 0.6 is 0 Å². The summed E-state index contributed by atoms with van der Waals surface area (Å²) in [6.07, 6.45) is -1.49. The molecule has 1 fully saturated rings. The smallest absolute Gasteiger partial charge is 0.321 e. The van der Waals surface area contributed by atoms with Crippen LogP contribution in [0.3, 0.4) is 0 Å². The van der Waals surface area contributed by atoms with Crippen molar-refractivity contribution in [2.24, 2.45) is 17.6 Å². The molecule has 106 valence electrons. The summed E-state index contributed by atoms with van der Waals surface area (Å²) in [5.74, 6) is 0.623. The second kappa shape index (κ2) is 4.82. The van der Waals surface area contributed by atoms with Crippen molar-refractivity contribution in [3.05, 3.63) is 35.4 Å². The SMILES string of the molecule is CC1CCCC(N)(c2cccc(C(F)(F)F)c2)C1C. The van der Waals surface area contributed by atoms with Crippen molar-refractivity contribution >= 4 is 0 Å². The number of alkyl halides is 3. The predicted octanol–water partition coefficient (Wildman–Crippen LogP) is 4.32. The Balaban J connectivity index is 2.40. The van der Waals surface area contributed by atoms with E-state index in [1.807, 2.05) is 6.92 Å². The van der Waals surface area contributed by atoms with Crippen molar-refractivity contribution in [1.82, 2.24) is 0 Å². The molecule has 0 spiro atoms. The fourth-order valence-electron chi connectivity index (χ4n) is 3.09. The van der Waals surface area contributed by atoms with Crippen LogP contribution in [-0.2, 0) is 11.7 Å². The summed E-state index contributed by atoms with van der Waals surface area (Å²) in [4.78, 5) is 0. The third-order valence-corrected chi connectivity index (χ3v) is 4.64. The van der Waals surface area contributed by atoms with Crippen LogP contribution < -0.4 is 5.73 Å². The third kappa shape index (κ3) is 2.64. The van der Waals surface area contributed by atoms with E-state index in [0.717, 1.165) is 25.3 Å². The summed E-state index contributed by atoms with van der Waals surface area (Å²) in [6.45, 7) is 4.17. The molecule has 1 nitrogen and oxygen atoms in total. The van der Waals surface area contributed by atoms with E-state index in [9.17, 15) is 13.2 Å². The number of hydrogen-bond acceptors (Lipinski definition) is 1. The maximum Gasteiger partial charge on any atom is 0.416 e. The average molecular weight is 271 g/mol. The van der Waals surface area contributed by atoms with E-state index in [-0.39, 0.29) is 5.92 Å². The van der Waals surface area contributed by atoms with Crippen LogP contribution in [0.25, 0.3) is 0 Å². The van der Waals surface area contributed by atoms with Gasteiger partial charge < -0.3 is 5.73 Å². The normalized spacial score (nSPS) is 32.3. The molecule has 4 heteroatoms. The Morgan fingerprint density at radius 2 is 1.95 bits per heavy atom. The molecule has 0 aromatic heterocycles. The topological polar surface area (TPSA) is 26.0 Å². The molecule has 1 aliphatic rings. The van der Waals surface area contributed by atoms with Crippen molar-refractivity contribution in [2.45, 2.75) is 44.8 Å². The van der Waals surface area contributed by atoms with Gasteiger partial charge in [0.25, 0.3) is 0 Å². The molecular weight excluding hydrogens is 251 g/mol. The fraction of sp³-hybridized carbons (Fsp3) is 0.600. The number of hydrogen-bond donors (Lipinski definition) is 1. The zero-order chi connectivity index (χ0) is 14.3. The molecule has 1 aromatic rings. The molecule has 3 atom stereocenters. The van der Waals surface area contributed by atoms with Crippen molar-refractivity contribution in [1.29, 1.82) is 0 Å². The van der Waals surface area contributed by atoms with Crippen molar-refractivity contribution < 1.29 is 13.2 Å². The lowest BCUT2D eigenvalue weighted by molar-refractivity contribution is -0.137. The van der Waals surface area contributed by atoms with Crippen LogP contribution in [-0.4, -0.2) is 0 Å². The standard InChI is InChI=1S/C15H20F3N/c1-10-5-4-8-14(19,11(10)2)12-6-3-7-13(9-12)15(16,17)18/h3,6-7,9-11H,4-5,8,19H2,1-2H3. The molecule has 0 radical (unpaired) electrons. The van der Waals surface area contributed by atoms with E-state index < -0.39 is 17.3 Å². The molecule has 2 rings (SSSR count). The van der Waals surface area contributed by atoms with Gasteiger partial charge in [0.15, 0.2) is 0 Å². The number of benzene rings is 1. The van der Waals surface area contributed by atoms with Gasteiger partial charge in [-0.05, 0) is 36.0 Å². The summed E-state index contributed by atoms with van der Waals surface area (Å²) in [7, 11) is 0. The molecule has 2 N–H and O–H groups in total. The van der Waals surface area contributed by atoms with E-state index in [4.69, 9.17) is 5.73 Å². The maximum absolute atomic E-state index is 12.8. The molecule has 0 saturated heterocycles. The molecule has 1 aliphatic carbocycles. The van der Waals surface area contributed by atoms with Gasteiger partial charge in [0.2, 0.25) is 0 Å². The first-order chi connectivity index (χ1) is 8.75. The van der Waals surface area contributed by atoms with Crippen LogP contribution in [0.4, 0.5) is 13.2 Å². The molecule has 0 bridgehead atoms. The first-order valence-corrected chi connectivity index (χ1v) is 6.72. The lowest BCUT2D eigenvalue weighted by atomic mass is 9.66. The van der Waals surface area contributed by atoms with Crippen LogP contribution in [0.2, 0.25) is 0 Å². The number of rotatable bonds is 1. The van der Waals surface area contributed by atoms with E-state index in [1.165, 1.54) is 12.1 Å². The van der Waals surface area contributed by atoms with E-state index in [0.29, 0.717) is 11.5 Å². The molecule has 0 aliphatic heterocycles. The van der Waals surface area contributed by atoms with Gasteiger partial charge in [0.05, 0.1) is 5.56 Å². The van der Waals surface area contributed by atoms with E-state index in [2.05, 4.69) is 6.92 Å². The Morgan fingerprint density at radius 3 is 2.58 bits per heavy atom. The van der Waals surface area contributed by atoms with Gasteiger partial charge in [-0.25, -0.2) is 0 Å². The van der Waals surface area contributed by atoms with Gasteiger partial charge in [0, 0.05) is 5.54 Å². The highest BCUT2D eigenvalue weighted by atomic mass is 19.4. The Hall–Kier alpha value is -1.03. The summed E-state index contributed by atoms with van der Waals surface area (Å²) >= 11 is 0. The molecule has 0 amide bonds. The maximum atomic E-state index is 12.8. The molecular formula is C15H20F3N. The van der Waals surface area contributed by atoms with Gasteiger partial charge in [-0.2, -0.15) is 13.2 Å². The van der Waals surface area contributed by atoms with Crippen molar-refractivity contribution in [2.75, 3.05) is 0 Å². The first-order valence-electron chi connectivity index (χ1n) is 6.72. The van der Waals surface area contributed by atoms with Crippen LogP contribution in [0.15, 0.2) is 24.3 Å². The van der Waals surface area contributed by atoms with Crippen molar-refractivity contribution in [3.63, 3.8) is 0 Å². The van der Waals surface area contributed by atoms with Crippen LogP contribution in [0, 0.1) is 11.8 Å². The Labute approximate surface area is 112 Å². The molecule has 1 saturated carbocycles. The van der Waals surface area contributed by atoms with Gasteiger partial charge in [-0.15, -0.1) is 0 Å². The predicted molar refractivity (Wildman–Crippen MR) is 69.5 cm³/mol. The van der Waals surface area contributed by atoms with E-state index >= 15 is 0 Å². The summed E-state index contributed by atoms with van der Waals surface area (Å²) in [5.41, 5.74) is 5.82. The molecule has 0 heterocycles. The minimum Gasteiger partial charge on any atom is -0.321 e. The fourth-order valence-corrected chi connectivity index (χ4v) is 3.09. The van der Waals surface area contributed by atoms with E-state index in [1.54, 1.807) is 6.07 Å². The van der Waals surface area contributed by atoms with Crippen LogP contribution in [0.1, 0.15) is 44.2 Å². The monoisotopic (exact) mass is 271 g/mol. The minimum atomic E-state index is -4.31. The zero-order valence-corrected chi connectivity index (χ0v) is 11.3. The van der Waals surface area contributed by atoms with Crippen molar-refractivity contribution in [3.8, 4) is 0 Å². The largest absolute Gasteiger partial charge is 0.416 e. The lowest BCUT2D eigenvalue weighted by Crippen LogP contribution is -2.48. The van der Waals surface area contributed by atoms with Gasteiger partial charge in [-0.1, -0.05) is 38.8 Å². The highest BCUT2D eigenvalue weighted by molar-refractivity contribution is 5.32. The molecule has 1 aromatic carbocycles. The first kappa shape index (κ1) is 14.4. The Kier molecular flexibility index (Phi) is 3.65. The highest BCUT2D eigenvalue weighted by Gasteiger charge is 2.40. The zero-order valence-electron chi connectivity index (χ0n) is 11.3. The molecule has 3 unspecified atom stereocenters. The highest BCUT2D eigenvalue weighted by Crippen LogP contribution is 2.43. The second-order valence-electron chi connectivity index (χ2n) is 5.78. The average Bonchev–Trinajstić information content (AvgIpc) is 2.35. The lowest BCUT2D eigenvalue weighted by Gasteiger charge is -2.43. The summed E-state index contributed by atoms with van der Waals surface area (Å²) in [5, 5.41) is 0. The summed E-state index contributed by atoms with van der Waals surface area (Å²) in [6, 6.07) is 5.50. The Bertz CT molecular complexity index is 455. The van der Waals surface area contributed by atoms with Gasteiger partial charge >= 0.3 is 6.18 Å². The number of halogens is 3. The third-order valence-electron chi connectivity index (χ3n) is 4.64.